The molecule has 1 saturated heterocycles. The lowest BCUT2D eigenvalue weighted by atomic mass is 9.97. The van der Waals surface area contributed by atoms with Gasteiger partial charge >= 0.3 is 0 Å². The highest BCUT2D eigenvalue weighted by Gasteiger charge is 2.24. The number of benzene rings is 2. The summed E-state index contributed by atoms with van der Waals surface area (Å²) in [6, 6.07) is 17.3. The number of rotatable bonds is 5. The lowest BCUT2D eigenvalue weighted by molar-refractivity contribution is -0.123. The Morgan fingerprint density at radius 1 is 1.13 bits per heavy atom. The van der Waals surface area contributed by atoms with E-state index in [-0.39, 0.29) is 11.8 Å². The van der Waals surface area contributed by atoms with Crippen LogP contribution in [0.4, 0.5) is 0 Å². The summed E-state index contributed by atoms with van der Waals surface area (Å²) in [5.41, 5.74) is 10.9. The van der Waals surface area contributed by atoms with Crippen LogP contribution in [0.2, 0.25) is 0 Å². The monoisotopic (exact) mass is 419 g/mol. The van der Waals surface area contributed by atoms with Crippen LogP contribution in [-0.4, -0.2) is 48.3 Å². The Bertz CT molecular complexity index is 941. The van der Waals surface area contributed by atoms with Gasteiger partial charge in [0.2, 0.25) is 5.91 Å². The van der Waals surface area contributed by atoms with Crippen LogP contribution in [0.1, 0.15) is 35.1 Å². The molecule has 0 radical (unpaired) electrons. The van der Waals surface area contributed by atoms with E-state index in [1.165, 1.54) is 22.3 Å². The zero-order valence-corrected chi connectivity index (χ0v) is 18.4. The molecule has 1 atom stereocenters. The Morgan fingerprint density at radius 3 is 2.74 bits per heavy atom. The zero-order valence-electron chi connectivity index (χ0n) is 18.4. The molecule has 0 aromatic heterocycles. The van der Waals surface area contributed by atoms with Crippen molar-refractivity contribution in [3.8, 4) is 0 Å². The van der Waals surface area contributed by atoms with Crippen molar-refractivity contribution < 1.29 is 4.79 Å². The first-order chi connectivity index (χ1) is 15.1. The summed E-state index contributed by atoms with van der Waals surface area (Å²) in [6.07, 6.45) is 2.99. The third-order valence-corrected chi connectivity index (χ3v) is 6.40. The van der Waals surface area contributed by atoms with Crippen molar-refractivity contribution in [2.45, 2.75) is 38.9 Å². The molecule has 2 aromatic rings. The van der Waals surface area contributed by atoms with Gasteiger partial charge in [-0.1, -0.05) is 48.5 Å². The number of primary amides is 1. The first-order valence-electron chi connectivity index (χ1n) is 11.2. The van der Waals surface area contributed by atoms with Crippen molar-refractivity contribution >= 4 is 11.9 Å². The summed E-state index contributed by atoms with van der Waals surface area (Å²) in [5, 5.41) is 3.54. The van der Waals surface area contributed by atoms with Crippen LogP contribution < -0.4 is 11.1 Å². The number of fused-ring (bicyclic) bond motifs is 1. The number of nitrogens with two attached hydrogens (primary N) is 1. The van der Waals surface area contributed by atoms with Crippen LogP contribution >= 0.6 is 0 Å². The Hall–Kier alpha value is -2.86. The number of piperidine rings is 1. The number of hydrogen-bond acceptors (Lipinski definition) is 3. The maximum absolute atomic E-state index is 11.6. The van der Waals surface area contributed by atoms with Crippen molar-refractivity contribution in [2.24, 2.45) is 16.6 Å². The van der Waals surface area contributed by atoms with E-state index in [1.807, 2.05) is 7.05 Å². The molecule has 2 aliphatic rings. The van der Waals surface area contributed by atoms with Gasteiger partial charge in [-0.05, 0) is 48.1 Å². The van der Waals surface area contributed by atoms with Gasteiger partial charge in [-0.25, -0.2) is 0 Å². The van der Waals surface area contributed by atoms with E-state index in [0.717, 1.165) is 64.5 Å². The fraction of sp³-hybridized carbons (Fsp3) is 0.440. The Balaban J connectivity index is 1.34. The molecule has 31 heavy (non-hydrogen) atoms. The van der Waals surface area contributed by atoms with Crippen LogP contribution in [0, 0.1) is 5.92 Å². The molecule has 1 amide bonds. The van der Waals surface area contributed by atoms with E-state index in [2.05, 4.69) is 68.6 Å². The number of likely N-dealkylation sites (tertiary alicyclic amines) is 1. The van der Waals surface area contributed by atoms with E-state index >= 15 is 0 Å². The molecule has 0 spiro atoms. The fourth-order valence-electron chi connectivity index (χ4n) is 4.72. The SMILES string of the molecule is CN=C(NCc1cccc(CN2CCCC(C(N)=O)C2)c1)N1CCc2ccccc2C1. The molecular weight excluding hydrogens is 386 g/mol. The molecule has 4 rings (SSSR count). The fourth-order valence-corrected chi connectivity index (χ4v) is 4.72. The van der Waals surface area contributed by atoms with Crippen LogP contribution in [0.5, 0.6) is 0 Å². The average molecular weight is 420 g/mol. The van der Waals surface area contributed by atoms with Gasteiger partial charge in [0.1, 0.15) is 0 Å². The highest BCUT2D eigenvalue weighted by molar-refractivity contribution is 5.80. The molecule has 1 unspecified atom stereocenters. The van der Waals surface area contributed by atoms with E-state index < -0.39 is 0 Å². The highest BCUT2D eigenvalue weighted by atomic mass is 16.1. The second kappa shape index (κ2) is 9.96. The van der Waals surface area contributed by atoms with Crippen molar-refractivity contribution in [1.82, 2.24) is 15.1 Å². The lowest BCUT2D eigenvalue weighted by Gasteiger charge is -2.32. The molecule has 3 N–H and O–H groups in total. The minimum absolute atomic E-state index is 0.0170. The molecule has 164 valence electrons. The van der Waals surface area contributed by atoms with Crippen LogP contribution in [-0.2, 0) is 30.8 Å². The van der Waals surface area contributed by atoms with Gasteiger partial charge in [-0.3, -0.25) is 14.7 Å². The van der Waals surface area contributed by atoms with Crippen molar-refractivity contribution in [3.63, 3.8) is 0 Å². The zero-order chi connectivity index (χ0) is 21.6. The number of guanidine groups is 1. The maximum atomic E-state index is 11.6. The first-order valence-corrected chi connectivity index (χ1v) is 11.2. The molecule has 0 aliphatic carbocycles. The Kier molecular flexibility index (Phi) is 6.87. The topological polar surface area (TPSA) is 74.0 Å². The lowest BCUT2D eigenvalue weighted by Crippen LogP contribution is -2.43. The van der Waals surface area contributed by atoms with E-state index in [9.17, 15) is 4.79 Å². The largest absolute Gasteiger partial charge is 0.369 e. The molecule has 2 aliphatic heterocycles. The second-order valence-electron chi connectivity index (χ2n) is 8.64. The number of nitrogens with zero attached hydrogens (tertiary/aromatic N) is 3. The van der Waals surface area contributed by atoms with E-state index in [0.29, 0.717) is 0 Å². The van der Waals surface area contributed by atoms with E-state index in [4.69, 9.17) is 5.73 Å². The normalized spacial score (nSPS) is 19.7. The Labute approximate surface area is 185 Å². The highest BCUT2D eigenvalue weighted by Crippen LogP contribution is 2.20. The number of hydrogen-bond donors (Lipinski definition) is 2. The number of nitrogens with one attached hydrogen (secondary N) is 1. The van der Waals surface area contributed by atoms with Gasteiger partial charge in [-0.2, -0.15) is 0 Å². The van der Waals surface area contributed by atoms with Crippen molar-refractivity contribution in [3.05, 3.63) is 70.8 Å². The molecule has 0 bridgehead atoms. The van der Waals surface area contributed by atoms with E-state index in [1.54, 1.807) is 0 Å². The van der Waals surface area contributed by atoms with Crippen molar-refractivity contribution in [1.29, 1.82) is 0 Å². The third-order valence-electron chi connectivity index (χ3n) is 6.40. The summed E-state index contributed by atoms with van der Waals surface area (Å²) < 4.78 is 0. The molecular formula is C25H33N5O. The second-order valence-corrected chi connectivity index (χ2v) is 8.64. The minimum atomic E-state index is -0.172. The van der Waals surface area contributed by atoms with Crippen molar-refractivity contribution in [2.75, 3.05) is 26.7 Å². The predicted octanol–water partition coefficient (Wildman–Crippen LogP) is 2.52. The molecule has 2 aromatic carbocycles. The minimum Gasteiger partial charge on any atom is -0.369 e. The quantitative estimate of drug-likeness (QED) is 0.577. The third kappa shape index (κ3) is 5.44. The number of carbonyl (C=O) groups is 1. The Morgan fingerprint density at radius 2 is 1.94 bits per heavy atom. The van der Waals surface area contributed by atoms with Crippen LogP contribution in [0.25, 0.3) is 0 Å². The smallest absolute Gasteiger partial charge is 0.221 e. The molecule has 1 fully saturated rings. The van der Waals surface area contributed by atoms with Gasteiger partial charge in [0.05, 0.1) is 5.92 Å². The molecule has 0 saturated carbocycles. The molecule has 6 nitrogen and oxygen atoms in total. The predicted molar refractivity (Wildman–Crippen MR) is 124 cm³/mol. The summed E-state index contributed by atoms with van der Waals surface area (Å²) in [6.45, 7) is 5.26. The summed E-state index contributed by atoms with van der Waals surface area (Å²) in [7, 11) is 1.85. The summed E-state index contributed by atoms with van der Waals surface area (Å²) in [4.78, 5) is 20.7. The summed E-state index contributed by atoms with van der Waals surface area (Å²) in [5.74, 6) is 0.756. The van der Waals surface area contributed by atoms with Gasteiger partial charge in [0.25, 0.3) is 0 Å². The van der Waals surface area contributed by atoms with Gasteiger partial charge in [0, 0.05) is 39.8 Å². The molecule has 6 heteroatoms. The van der Waals surface area contributed by atoms with Gasteiger partial charge in [-0.15, -0.1) is 0 Å². The average Bonchev–Trinajstić information content (AvgIpc) is 2.80. The maximum Gasteiger partial charge on any atom is 0.221 e. The standard InChI is InChI=1S/C25H33N5O/c1-27-25(30-13-11-21-8-2-3-9-22(21)18-30)28-15-19-6-4-7-20(14-19)16-29-12-5-10-23(17-29)24(26)31/h2-4,6-9,14,23H,5,10-13,15-18H2,1H3,(H2,26,31)(H,27,28). The van der Waals surface area contributed by atoms with Gasteiger partial charge < -0.3 is 16.0 Å². The first kappa shape index (κ1) is 21.4. The van der Waals surface area contributed by atoms with Gasteiger partial charge in [0.15, 0.2) is 5.96 Å². The summed E-state index contributed by atoms with van der Waals surface area (Å²) >= 11 is 0. The number of amides is 1. The number of aliphatic imine (C=N–C) groups is 1. The van der Waals surface area contributed by atoms with Crippen LogP contribution in [0.15, 0.2) is 53.5 Å². The number of carbonyl (C=O) groups excluding carboxylic acids is 1. The molecule has 2 heterocycles. The van der Waals surface area contributed by atoms with Crippen LogP contribution in [0.3, 0.4) is 0 Å².